The third-order valence-electron chi connectivity index (χ3n) is 1.65. The summed E-state index contributed by atoms with van der Waals surface area (Å²) >= 11 is 0. The fraction of sp³-hybridized carbons (Fsp3) is 0.222. The molecule has 0 heterocycles. The highest BCUT2D eigenvalue weighted by Gasteiger charge is 2.15. The van der Waals surface area contributed by atoms with E-state index in [9.17, 15) is 17.8 Å². The Bertz CT molecular complexity index is 463. The highest BCUT2D eigenvalue weighted by molar-refractivity contribution is 7.85. The Labute approximate surface area is 87.4 Å². The molecule has 0 saturated heterocycles. The van der Waals surface area contributed by atoms with E-state index in [1.54, 1.807) is 6.92 Å². The monoisotopic (exact) mass is 229 g/mol. The Balaban J connectivity index is 3.25. The summed E-state index contributed by atoms with van der Waals surface area (Å²) < 4.78 is 37.0. The van der Waals surface area contributed by atoms with E-state index >= 15 is 0 Å². The summed E-state index contributed by atoms with van der Waals surface area (Å²) in [6, 6.07) is 5.14. The zero-order valence-corrected chi connectivity index (χ0v) is 8.78. The standard InChI is InChI=1S/C9H10O5S/c1-2-14-9(10)7-5-3-4-6-8(7)15(11,12)13/h3-6H,2H2,1H3,(H,11,12,13)/p-1. The second kappa shape index (κ2) is 4.41. The third-order valence-corrected chi connectivity index (χ3v) is 2.55. The van der Waals surface area contributed by atoms with E-state index in [4.69, 9.17) is 0 Å². The van der Waals surface area contributed by atoms with Crippen LogP contribution in [-0.4, -0.2) is 25.5 Å². The zero-order valence-electron chi connectivity index (χ0n) is 7.97. The van der Waals surface area contributed by atoms with Gasteiger partial charge in [0, 0.05) is 0 Å². The molecule has 0 aliphatic heterocycles. The highest BCUT2D eigenvalue weighted by Crippen LogP contribution is 2.15. The first-order chi connectivity index (χ1) is 6.96. The van der Waals surface area contributed by atoms with Crippen LogP contribution in [0.15, 0.2) is 29.2 Å². The number of hydrogen-bond donors (Lipinski definition) is 0. The maximum absolute atomic E-state index is 11.3. The lowest BCUT2D eigenvalue weighted by atomic mass is 10.2. The van der Waals surface area contributed by atoms with Gasteiger partial charge in [0.05, 0.1) is 17.1 Å². The average molecular weight is 229 g/mol. The van der Waals surface area contributed by atoms with Gasteiger partial charge < -0.3 is 9.29 Å². The van der Waals surface area contributed by atoms with Crippen LogP contribution >= 0.6 is 0 Å². The average Bonchev–Trinajstić information content (AvgIpc) is 2.17. The summed E-state index contributed by atoms with van der Waals surface area (Å²) in [5.74, 6) is -0.812. The van der Waals surface area contributed by atoms with Crippen LogP contribution < -0.4 is 0 Å². The van der Waals surface area contributed by atoms with Crippen LogP contribution in [0, 0.1) is 0 Å². The molecule has 6 heteroatoms. The van der Waals surface area contributed by atoms with Crippen molar-refractivity contribution >= 4 is 16.1 Å². The van der Waals surface area contributed by atoms with Crippen LogP contribution in [0.25, 0.3) is 0 Å². The van der Waals surface area contributed by atoms with Crippen LogP contribution in [0.5, 0.6) is 0 Å². The predicted molar refractivity (Wildman–Crippen MR) is 50.4 cm³/mol. The van der Waals surface area contributed by atoms with Crippen molar-refractivity contribution in [3.05, 3.63) is 29.8 Å². The number of rotatable bonds is 3. The molecule has 1 aromatic carbocycles. The summed E-state index contributed by atoms with van der Waals surface area (Å²) in [6.45, 7) is 1.71. The summed E-state index contributed by atoms with van der Waals surface area (Å²) in [6.07, 6.45) is 0. The lowest BCUT2D eigenvalue weighted by molar-refractivity contribution is 0.0521. The molecule has 1 aromatic rings. The first kappa shape index (κ1) is 11.7. The molecule has 0 aromatic heterocycles. The van der Waals surface area contributed by atoms with Crippen molar-refractivity contribution in [3.8, 4) is 0 Å². The van der Waals surface area contributed by atoms with Gasteiger partial charge in [-0.15, -0.1) is 0 Å². The minimum Gasteiger partial charge on any atom is -0.744 e. The van der Waals surface area contributed by atoms with Gasteiger partial charge in [-0.2, -0.15) is 0 Å². The molecule has 0 N–H and O–H groups in total. The third kappa shape index (κ3) is 2.77. The maximum atomic E-state index is 11.3. The van der Waals surface area contributed by atoms with Crippen LogP contribution in [0.4, 0.5) is 0 Å². The smallest absolute Gasteiger partial charge is 0.339 e. The van der Waals surface area contributed by atoms with Crippen molar-refractivity contribution in [1.29, 1.82) is 0 Å². The lowest BCUT2D eigenvalue weighted by Crippen LogP contribution is -2.11. The molecule has 0 fully saturated rings. The van der Waals surface area contributed by atoms with Crippen LogP contribution in [0.1, 0.15) is 17.3 Å². The molecule has 0 radical (unpaired) electrons. The molecule has 0 aliphatic carbocycles. The Morgan fingerprint density at radius 2 is 2.00 bits per heavy atom. The minimum absolute atomic E-state index is 0.117. The molecular weight excluding hydrogens is 220 g/mol. The van der Waals surface area contributed by atoms with Crippen molar-refractivity contribution in [2.75, 3.05) is 6.61 Å². The SMILES string of the molecule is CCOC(=O)c1ccccc1S(=O)(=O)[O-]. The number of carbonyl (C=O) groups is 1. The molecule has 5 nitrogen and oxygen atoms in total. The summed E-state index contributed by atoms with van der Waals surface area (Å²) in [4.78, 5) is 10.7. The second-order valence-corrected chi connectivity index (χ2v) is 4.02. The molecule has 15 heavy (non-hydrogen) atoms. The van der Waals surface area contributed by atoms with E-state index in [1.165, 1.54) is 18.2 Å². The van der Waals surface area contributed by atoms with Crippen molar-refractivity contribution in [1.82, 2.24) is 0 Å². The van der Waals surface area contributed by atoms with E-state index in [2.05, 4.69) is 4.74 Å². The van der Waals surface area contributed by atoms with Gasteiger partial charge in [0.25, 0.3) is 0 Å². The van der Waals surface area contributed by atoms with Gasteiger partial charge >= 0.3 is 5.97 Å². The molecule has 0 amide bonds. The Morgan fingerprint density at radius 3 is 2.53 bits per heavy atom. The van der Waals surface area contributed by atoms with Gasteiger partial charge in [0.1, 0.15) is 10.1 Å². The minimum atomic E-state index is -4.65. The van der Waals surface area contributed by atoms with Gasteiger partial charge in [-0.05, 0) is 19.1 Å². The number of benzene rings is 1. The first-order valence-corrected chi connectivity index (χ1v) is 5.59. The Hall–Kier alpha value is -1.40. The predicted octanol–water partition coefficient (Wildman–Crippen LogP) is 0.767. The molecule has 0 atom stereocenters. The molecular formula is C9H9O5S-. The van der Waals surface area contributed by atoms with Crippen LogP contribution in [0.3, 0.4) is 0 Å². The number of esters is 1. The van der Waals surface area contributed by atoms with Gasteiger partial charge in [0.15, 0.2) is 0 Å². The molecule has 1 rings (SSSR count). The molecule has 0 spiro atoms. The topological polar surface area (TPSA) is 83.5 Å². The van der Waals surface area contributed by atoms with Gasteiger partial charge in [-0.25, -0.2) is 13.2 Å². The van der Waals surface area contributed by atoms with Crippen molar-refractivity contribution in [2.45, 2.75) is 11.8 Å². The van der Waals surface area contributed by atoms with Crippen LogP contribution in [-0.2, 0) is 14.9 Å². The van der Waals surface area contributed by atoms with Crippen LogP contribution in [0.2, 0.25) is 0 Å². The summed E-state index contributed by atoms with van der Waals surface area (Å²) in [7, 11) is -4.65. The van der Waals surface area contributed by atoms with Crippen molar-refractivity contribution in [2.24, 2.45) is 0 Å². The fourth-order valence-electron chi connectivity index (χ4n) is 1.06. The molecule has 0 unspecified atom stereocenters. The Morgan fingerprint density at radius 1 is 1.40 bits per heavy atom. The van der Waals surface area contributed by atoms with E-state index in [0.29, 0.717) is 0 Å². The van der Waals surface area contributed by atoms with Gasteiger partial charge in [-0.3, -0.25) is 0 Å². The van der Waals surface area contributed by atoms with E-state index in [-0.39, 0.29) is 12.2 Å². The number of ether oxygens (including phenoxy) is 1. The van der Waals surface area contributed by atoms with E-state index in [1.807, 2.05) is 0 Å². The molecule has 0 bridgehead atoms. The highest BCUT2D eigenvalue weighted by atomic mass is 32.2. The number of carbonyl (C=O) groups excluding carboxylic acids is 1. The first-order valence-electron chi connectivity index (χ1n) is 4.19. The Kier molecular flexibility index (Phi) is 3.43. The van der Waals surface area contributed by atoms with E-state index < -0.39 is 21.0 Å². The van der Waals surface area contributed by atoms with Crippen molar-refractivity contribution < 1.29 is 22.5 Å². The van der Waals surface area contributed by atoms with Crippen molar-refractivity contribution in [3.63, 3.8) is 0 Å². The van der Waals surface area contributed by atoms with Gasteiger partial charge in [0.2, 0.25) is 0 Å². The summed E-state index contributed by atoms with van der Waals surface area (Å²) in [5, 5.41) is 0. The molecule has 82 valence electrons. The number of hydrogen-bond acceptors (Lipinski definition) is 5. The molecule has 0 saturated carbocycles. The quantitative estimate of drug-likeness (QED) is 0.564. The zero-order chi connectivity index (χ0) is 11.5. The molecule has 0 aliphatic rings. The fourth-order valence-corrected chi connectivity index (χ4v) is 1.73. The normalized spacial score (nSPS) is 11.1. The van der Waals surface area contributed by atoms with E-state index in [0.717, 1.165) is 6.07 Å². The lowest BCUT2D eigenvalue weighted by Gasteiger charge is -2.11. The second-order valence-electron chi connectivity index (χ2n) is 2.67. The van der Waals surface area contributed by atoms with Gasteiger partial charge in [-0.1, -0.05) is 12.1 Å². The maximum Gasteiger partial charge on any atom is 0.339 e. The largest absolute Gasteiger partial charge is 0.744 e. The summed E-state index contributed by atoms with van der Waals surface area (Å²) in [5.41, 5.74) is -0.227.